The molecule has 0 bridgehead atoms. The van der Waals surface area contributed by atoms with E-state index in [1.807, 2.05) is 12.1 Å². The van der Waals surface area contributed by atoms with Crippen molar-refractivity contribution in [3.8, 4) is 0 Å². The average molecular weight is 316 g/mol. The molecular weight excluding hydrogens is 292 g/mol. The number of benzene rings is 1. The molecule has 6 nitrogen and oxygen atoms in total. The third-order valence-corrected chi connectivity index (χ3v) is 4.24. The second-order valence-corrected chi connectivity index (χ2v) is 5.97. The van der Waals surface area contributed by atoms with Crippen LogP contribution in [0, 0.1) is 0 Å². The average Bonchev–Trinajstić information content (AvgIpc) is 3.09. The zero-order chi connectivity index (χ0) is 15.9. The van der Waals surface area contributed by atoms with Crippen LogP contribution in [0.1, 0.15) is 18.4 Å². The maximum absolute atomic E-state index is 11.8. The topological polar surface area (TPSA) is 57.2 Å². The Morgan fingerprint density at radius 3 is 2.52 bits per heavy atom. The lowest BCUT2D eigenvalue weighted by Gasteiger charge is -2.28. The number of anilines is 1. The van der Waals surface area contributed by atoms with Crippen molar-refractivity contribution in [2.24, 2.45) is 5.10 Å². The molecule has 6 heteroatoms. The van der Waals surface area contributed by atoms with E-state index in [0.29, 0.717) is 6.54 Å². The van der Waals surface area contributed by atoms with E-state index in [1.54, 1.807) is 6.21 Å². The molecule has 0 saturated carbocycles. The summed E-state index contributed by atoms with van der Waals surface area (Å²) >= 11 is 0. The van der Waals surface area contributed by atoms with Gasteiger partial charge in [0.2, 0.25) is 0 Å². The molecule has 1 aromatic carbocycles. The first-order valence-corrected chi connectivity index (χ1v) is 8.28. The molecule has 1 amide bonds. The van der Waals surface area contributed by atoms with Crippen molar-refractivity contribution in [1.82, 2.24) is 10.3 Å². The van der Waals surface area contributed by atoms with Crippen molar-refractivity contribution >= 4 is 17.8 Å². The second kappa shape index (κ2) is 8.08. The van der Waals surface area contributed by atoms with Gasteiger partial charge in [-0.25, -0.2) is 5.43 Å². The predicted molar refractivity (Wildman–Crippen MR) is 90.9 cm³/mol. The SMILES string of the molecule is O=C(CN1CCCC1)N/N=C/c1ccc(N2CCOCC2)cc1. The van der Waals surface area contributed by atoms with E-state index >= 15 is 0 Å². The number of hydrogen-bond donors (Lipinski definition) is 1. The number of hydrogen-bond acceptors (Lipinski definition) is 5. The van der Waals surface area contributed by atoms with Gasteiger partial charge >= 0.3 is 0 Å². The molecule has 2 saturated heterocycles. The third kappa shape index (κ3) is 4.77. The smallest absolute Gasteiger partial charge is 0.254 e. The number of hydrazone groups is 1. The molecule has 2 heterocycles. The lowest BCUT2D eigenvalue weighted by Crippen LogP contribution is -2.36. The van der Waals surface area contributed by atoms with Crippen molar-refractivity contribution in [1.29, 1.82) is 0 Å². The van der Waals surface area contributed by atoms with E-state index < -0.39 is 0 Å². The van der Waals surface area contributed by atoms with Gasteiger partial charge in [0.25, 0.3) is 5.91 Å². The van der Waals surface area contributed by atoms with E-state index in [1.165, 1.54) is 18.5 Å². The zero-order valence-corrected chi connectivity index (χ0v) is 13.4. The maximum atomic E-state index is 11.8. The summed E-state index contributed by atoms with van der Waals surface area (Å²) in [5.74, 6) is -0.0481. The largest absolute Gasteiger partial charge is 0.378 e. The molecule has 2 fully saturated rings. The van der Waals surface area contributed by atoms with Crippen LogP contribution in [0.25, 0.3) is 0 Å². The molecule has 0 radical (unpaired) electrons. The van der Waals surface area contributed by atoms with Crippen molar-refractivity contribution < 1.29 is 9.53 Å². The van der Waals surface area contributed by atoms with Crippen molar-refractivity contribution in [2.75, 3.05) is 50.8 Å². The number of carbonyl (C=O) groups excluding carboxylic acids is 1. The van der Waals surface area contributed by atoms with Crippen LogP contribution < -0.4 is 10.3 Å². The second-order valence-electron chi connectivity index (χ2n) is 5.97. The minimum absolute atomic E-state index is 0.0481. The summed E-state index contributed by atoms with van der Waals surface area (Å²) in [7, 11) is 0. The van der Waals surface area contributed by atoms with Crippen LogP contribution in [0.15, 0.2) is 29.4 Å². The van der Waals surface area contributed by atoms with Gasteiger partial charge < -0.3 is 9.64 Å². The Hall–Kier alpha value is -1.92. The van der Waals surface area contributed by atoms with Gasteiger partial charge in [-0.3, -0.25) is 9.69 Å². The number of amides is 1. The van der Waals surface area contributed by atoms with E-state index in [2.05, 4.69) is 32.5 Å². The molecule has 124 valence electrons. The first kappa shape index (κ1) is 16.0. The first-order valence-electron chi connectivity index (χ1n) is 8.28. The molecule has 2 aliphatic rings. The number of rotatable bonds is 5. The van der Waals surface area contributed by atoms with Crippen molar-refractivity contribution in [2.45, 2.75) is 12.8 Å². The standard InChI is InChI=1S/C17H24N4O2/c22-17(14-20-7-1-2-8-20)19-18-13-15-3-5-16(6-4-15)21-9-11-23-12-10-21/h3-6,13H,1-2,7-12,14H2,(H,19,22)/b18-13+. The molecule has 2 aliphatic heterocycles. The van der Waals surface area contributed by atoms with Crippen LogP contribution >= 0.6 is 0 Å². The van der Waals surface area contributed by atoms with Crippen molar-refractivity contribution in [3.63, 3.8) is 0 Å². The molecule has 0 aliphatic carbocycles. The summed E-state index contributed by atoms with van der Waals surface area (Å²) in [4.78, 5) is 16.2. The van der Waals surface area contributed by atoms with Gasteiger partial charge in [-0.2, -0.15) is 5.10 Å². The summed E-state index contributed by atoms with van der Waals surface area (Å²) in [5.41, 5.74) is 4.77. The zero-order valence-electron chi connectivity index (χ0n) is 13.4. The highest BCUT2D eigenvalue weighted by Crippen LogP contribution is 2.15. The number of ether oxygens (including phenoxy) is 1. The molecule has 0 spiro atoms. The molecule has 0 unspecified atom stereocenters. The van der Waals surface area contributed by atoms with E-state index in [4.69, 9.17) is 4.74 Å². The highest BCUT2D eigenvalue weighted by molar-refractivity contribution is 5.83. The molecule has 0 atom stereocenters. The minimum atomic E-state index is -0.0481. The summed E-state index contributed by atoms with van der Waals surface area (Å²) < 4.78 is 5.36. The van der Waals surface area contributed by atoms with Crippen LogP contribution in [0.2, 0.25) is 0 Å². The monoisotopic (exact) mass is 316 g/mol. The van der Waals surface area contributed by atoms with Crippen LogP contribution in [0.3, 0.4) is 0 Å². The first-order chi connectivity index (χ1) is 11.3. The Kier molecular flexibility index (Phi) is 5.60. The third-order valence-electron chi connectivity index (χ3n) is 4.24. The summed E-state index contributed by atoms with van der Waals surface area (Å²) in [5, 5.41) is 4.04. The lowest BCUT2D eigenvalue weighted by atomic mass is 10.2. The number of nitrogens with one attached hydrogen (secondary N) is 1. The van der Waals surface area contributed by atoms with Crippen LogP contribution in [-0.2, 0) is 9.53 Å². The number of likely N-dealkylation sites (tertiary alicyclic amines) is 1. The molecule has 3 rings (SSSR count). The minimum Gasteiger partial charge on any atom is -0.378 e. The summed E-state index contributed by atoms with van der Waals surface area (Å²) in [6, 6.07) is 8.19. The van der Waals surface area contributed by atoms with Gasteiger partial charge in [0, 0.05) is 18.8 Å². The van der Waals surface area contributed by atoms with Gasteiger partial charge in [0.1, 0.15) is 0 Å². The maximum Gasteiger partial charge on any atom is 0.254 e. The van der Waals surface area contributed by atoms with Crippen LogP contribution in [0.5, 0.6) is 0 Å². The van der Waals surface area contributed by atoms with Gasteiger partial charge in [-0.15, -0.1) is 0 Å². The van der Waals surface area contributed by atoms with E-state index in [9.17, 15) is 4.79 Å². The summed E-state index contributed by atoms with van der Waals surface area (Å²) in [6.45, 7) is 5.89. The van der Waals surface area contributed by atoms with E-state index in [0.717, 1.165) is 45.0 Å². The summed E-state index contributed by atoms with van der Waals surface area (Å²) in [6.07, 6.45) is 4.06. The van der Waals surface area contributed by atoms with Crippen LogP contribution in [-0.4, -0.2) is 63.0 Å². The Bertz CT molecular complexity index is 532. The highest BCUT2D eigenvalue weighted by Gasteiger charge is 2.14. The highest BCUT2D eigenvalue weighted by atomic mass is 16.5. The Labute approximate surface area is 137 Å². The fraction of sp³-hybridized carbons (Fsp3) is 0.529. The molecule has 0 aromatic heterocycles. The molecular formula is C17H24N4O2. The van der Waals surface area contributed by atoms with Crippen LogP contribution in [0.4, 0.5) is 5.69 Å². The Morgan fingerprint density at radius 2 is 1.83 bits per heavy atom. The Balaban J connectivity index is 1.46. The lowest BCUT2D eigenvalue weighted by molar-refractivity contribution is -0.121. The van der Waals surface area contributed by atoms with E-state index in [-0.39, 0.29) is 5.91 Å². The van der Waals surface area contributed by atoms with Gasteiger partial charge in [-0.05, 0) is 43.6 Å². The Morgan fingerprint density at radius 1 is 1.13 bits per heavy atom. The number of carbonyl (C=O) groups is 1. The van der Waals surface area contributed by atoms with Gasteiger partial charge in [-0.1, -0.05) is 12.1 Å². The number of nitrogens with zero attached hydrogens (tertiary/aromatic N) is 3. The van der Waals surface area contributed by atoms with Gasteiger partial charge in [0.05, 0.1) is 26.0 Å². The predicted octanol–water partition coefficient (Wildman–Crippen LogP) is 1.07. The molecule has 23 heavy (non-hydrogen) atoms. The quantitative estimate of drug-likeness (QED) is 0.652. The fourth-order valence-corrected chi connectivity index (χ4v) is 2.95. The van der Waals surface area contributed by atoms with Crippen molar-refractivity contribution in [3.05, 3.63) is 29.8 Å². The van der Waals surface area contributed by atoms with Gasteiger partial charge in [0.15, 0.2) is 0 Å². The normalized spacial score (nSPS) is 19.4. The molecule has 1 aromatic rings. The molecule has 1 N–H and O–H groups in total. The number of morpholine rings is 1. The fourth-order valence-electron chi connectivity index (χ4n) is 2.95.